The first-order valence-electron chi connectivity index (χ1n) is 12.5. The summed E-state index contributed by atoms with van der Waals surface area (Å²) in [5, 5.41) is 0.385. The van der Waals surface area contributed by atoms with Crippen LogP contribution in [0.1, 0.15) is 67.4 Å². The van der Waals surface area contributed by atoms with Crippen LogP contribution in [0.25, 0.3) is 0 Å². The summed E-state index contributed by atoms with van der Waals surface area (Å²) in [7, 11) is -3.22. The van der Waals surface area contributed by atoms with Crippen LogP contribution < -0.4 is 4.74 Å². The van der Waals surface area contributed by atoms with Crippen LogP contribution in [0, 0.1) is 0 Å². The summed E-state index contributed by atoms with van der Waals surface area (Å²) in [5.41, 5.74) is 2.91. The Bertz CT molecular complexity index is 741. The number of ether oxygens (including phenoxy) is 1. The van der Waals surface area contributed by atoms with Crippen LogP contribution >= 0.6 is 23.5 Å². The number of fused-ring (bicyclic) bond motifs is 1. The number of methoxy groups -OCH3 is 1. The maximum atomic E-state index is 7.31. The van der Waals surface area contributed by atoms with E-state index in [9.17, 15) is 0 Å². The second-order valence-corrected chi connectivity index (χ2v) is 22.4. The first-order valence-corrected chi connectivity index (χ1v) is 18.4. The van der Waals surface area contributed by atoms with E-state index in [-0.39, 0.29) is 6.10 Å². The topological polar surface area (TPSA) is 36.9 Å². The molecule has 188 valence electrons. The van der Waals surface area contributed by atoms with Crippen molar-refractivity contribution >= 4 is 40.6 Å². The Kier molecular flexibility index (Phi) is 9.54. The van der Waals surface area contributed by atoms with Gasteiger partial charge in [-0.3, -0.25) is 0 Å². The number of rotatable bonds is 8. The van der Waals surface area contributed by atoms with Gasteiger partial charge in [0.1, 0.15) is 5.75 Å². The van der Waals surface area contributed by atoms with E-state index in [1.54, 1.807) is 7.11 Å². The zero-order valence-corrected chi connectivity index (χ0v) is 25.6. The molecular weight excluding hydrogens is 485 g/mol. The fourth-order valence-corrected chi connectivity index (χ4v) is 19.6. The molecule has 1 unspecified atom stereocenters. The molecule has 2 heterocycles. The first kappa shape index (κ1) is 27.6. The molecule has 0 saturated carbocycles. The van der Waals surface area contributed by atoms with E-state index in [0.29, 0.717) is 32.0 Å². The number of thioether (sulfide) groups is 2. The van der Waals surface area contributed by atoms with Crippen molar-refractivity contribution in [3.8, 4) is 5.75 Å². The molecule has 33 heavy (non-hydrogen) atoms. The predicted molar refractivity (Wildman–Crippen MR) is 148 cm³/mol. The Morgan fingerprint density at radius 1 is 0.939 bits per heavy atom. The molecule has 0 aromatic heterocycles. The minimum absolute atomic E-state index is 0.214. The molecule has 0 bridgehead atoms. The van der Waals surface area contributed by atoms with E-state index in [0.717, 1.165) is 24.5 Å². The lowest BCUT2D eigenvalue weighted by Crippen LogP contribution is -2.64. The van der Waals surface area contributed by atoms with Crippen molar-refractivity contribution in [3.63, 3.8) is 0 Å². The summed E-state index contributed by atoms with van der Waals surface area (Å²) in [4.78, 5) is 0. The summed E-state index contributed by atoms with van der Waals surface area (Å²) in [6.45, 7) is 19.1. The van der Waals surface area contributed by atoms with E-state index in [1.165, 1.54) is 5.56 Å². The molecule has 3 rings (SSSR count). The van der Waals surface area contributed by atoms with Crippen molar-refractivity contribution in [3.05, 3.63) is 29.8 Å². The Balaban J connectivity index is 1.80. The molecule has 4 nitrogen and oxygen atoms in total. The molecule has 1 aromatic carbocycles. The van der Waals surface area contributed by atoms with Gasteiger partial charge in [0.2, 0.25) is 0 Å². The standard InChI is InChI=1S/C25H44O4S2Si2/c1-17(2)32(18(3)4)27-15-24-23(28-33(29-32,19(5)6)20(7)8)14-25(31-24)30-16-21-10-12-22(26-9)13-11-21/h10-13,17-20,23-25H,14-16H2,1-9H3/t23-,24+,25?/m0/s1. The van der Waals surface area contributed by atoms with Gasteiger partial charge in [0.15, 0.2) is 0 Å². The van der Waals surface area contributed by atoms with Crippen LogP contribution in [0.2, 0.25) is 22.2 Å². The lowest BCUT2D eigenvalue weighted by molar-refractivity contribution is 0.0739. The van der Waals surface area contributed by atoms with Crippen molar-refractivity contribution in [1.82, 2.24) is 0 Å². The van der Waals surface area contributed by atoms with Gasteiger partial charge in [0, 0.05) is 5.75 Å². The fraction of sp³-hybridized carbons (Fsp3) is 0.760. The molecule has 0 amide bonds. The van der Waals surface area contributed by atoms with E-state index >= 15 is 0 Å². The molecule has 8 heteroatoms. The highest BCUT2D eigenvalue weighted by atomic mass is 32.2. The highest BCUT2D eigenvalue weighted by Gasteiger charge is 2.59. The summed E-state index contributed by atoms with van der Waals surface area (Å²) < 4.78 is 27.3. The van der Waals surface area contributed by atoms with Crippen LogP contribution in [0.15, 0.2) is 24.3 Å². The average molecular weight is 529 g/mol. The zero-order chi connectivity index (χ0) is 24.4. The van der Waals surface area contributed by atoms with Crippen molar-refractivity contribution in [1.29, 1.82) is 0 Å². The third kappa shape index (κ3) is 5.89. The molecule has 2 saturated heterocycles. The number of hydrogen-bond acceptors (Lipinski definition) is 6. The van der Waals surface area contributed by atoms with E-state index in [4.69, 9.17) is 17.7 Å². The highest BCUT2D eigenvalue weighted by molar-refractivity contribution is 8.17. The molecule has 0 aliphatic carbocycles. The van der Waals surface area contributed by atoms with Gasteiger partial charge in [-0.2, -0.15) is 0 Å². The van der Waals surface area contributed by atoms with Crippen molar-refractivity contribution < 1.29 is 17.7 Å². The quantitative estimate of drug-likeness (QED) is 0.322. The largest absolute Gasteiger partial charge is 0.497 e. The summed E-state index contributed by atoms with van der Waals surface area (Å²) in [6, 6.07) is 8.44. The normalized spacial score (nSPS) is 27.1. The van der Waals surface area contributed by atoms with Crippen LogP contribution in [-0.4, -0.2) is 46.8 Å². The fourth-order valence-electron chi connectivity index (χ4n) is 5.13. The van der Waals surface area contributed by atoms with Gasteiger partial charge in [-0.25, -0.2) is 0 Å². The maximum Gasteiger partial charge on any atom is 0.334 e. The maximum absolute atomic E-state index is 7.31. The highest BCUT2D eigenvalue weighted by Crippen LogP contribution is 2.51. The van der Waals surface area contributed by atoms with Gasteiger partial charge in [-0.15, -0.1) is 23.5 Å². The monoisotopic (exact) mass is 528 g/mol. The molecule has 2 fully saturated rings. The Morgan fingerprint density at radius 3 is 2.03 bits per heavy atom. The second kappa shape index (κ2) is 11.4. The third-order valence-electron chi connectivity index (χ3n) is 7.11. The van der Waals surface area contributed by atoms with Gasteiger partial charge >= 0.3 is 17.1 Å². The van der Waals surface area contributed by atoms with Gasteiger partial charge in [-0.1, -0.05) is 67.5 Å². The summed E-state index contributed by atoms with van der Waals surface area (Å²) in [5.74, 6) is 1.92. The van der Waals surface area contributed by atoms with Crippen LogP contribution in [-0.2, 0) is 18.7 Å². The second-order valence-electron chi connectivity index (χ2n) is 10.6. The zero-order valence-electron chi connectivity index (χ0n) is 21.9. The predicted octanol–water partition coefficient (Wildman–Crippen LogP) is 7.72. The number of benzene rings is 1. The summed E-state index contributed by atoms with van der Waals surface area (Å²) >= 11 is 4.10. The molecule has 1 aromatic rings. The van der Waals surface area contributed by atoms with E-state index in [1.807, 2.05) is 23.9 Å². The minimum atomic E-state index is -2.49. The third-order valence-corrected chi connectivity index (χ3v) is 20.5. The van der Waals surface area contributed by atoms with Gasteiger partial charge in [-0.05, 0) is 46.3 Å². The lowest BCUT2D eigenvalue weighted by Gasteiger charge is -2.51. The smallest absolute Gasteiger partial charge is 0.334 e. The molecule has 2 aliphatic rings. The molecular formula is C25H44O4S2Si2. The number of hydrogen-bond donors (Lipinski definition) is 0. The van der Waals surface area contributed by atoms with Crippen LogP contribution in [0.5, 0.6) is 5.75 Å². The Morgan fingerprint density at radius 2 is 1.52 bits per heavy atom. The molecule has 0 spiro atoms. The van der Waals surface area contributed by atoms with Gasteiger partial charge < -0.3 is 17.7 Å². The van der Waals surface area contributed by atoms with E-state index < -0.39 is 17.1 Å². The Labute approximate surface area is 212 Å². The Hall–Kier alpha value is 0.0338. The SMILES string of the molecule is COc1ccc(CSC2C[C@@H]3O[Si](C(C)C)(C(C)C)O[Si](C(C)C)(C(C)C)OC[C@H]3S2)cc1. The van der Waals surface area contributed by atoms with Crippen LogP contribution in [0.4, 0.5) is 0 Å². The molecule has 2 aliphatic heterocycles. The summed E-state index contributed by atoms with van der Waals surface area (Å²) in [6.07, 6.45) is 1.28. The molecule has 0 N–H and O–H groups in total. The lowest BCUT2D eigenvalue weighted by atomic mass is 10.2. The van der Waals surface area contributed by atoms with Crippen molar-refractivity contribution in [2.24, 2.45) is 0 Å². The minimum Gasteiger partial charge on any atom is -0.497 e. The van der Waals surface area contributed by atoms with Gasteiger partial charge in [0.25, 0.3) is 0 Å². The average Bonchev–Trinajstić information content (AvgIpc) is 3.12. The molecule has 0 radical (unpaired) electrons. The van der Waals surface area contributed by atoms with Crippen LogP contribution in [0.3, 0.4) is 0 Å². The van der Waals surface area contributed by atoms with Gasteiger partial charge in [0.05, 0.1) is 29.7 Å². The van der Waals surface area contributed by atoms with E-state index in [2.05, 4.69) is 79.3 Å². The van der Waals surface area contributed by atoms with Crippen molar-refractivity contribution in [2.45, 2.75) is 106 Å². The molecule has 3 atom stereocenters. The van der Waals surface area contributed by atoms with Crippen molar-refractivity contribution in [2.75, 3.05) is 13.7 Å². The first-order chi connectivity index (χ1) is 15.5.